The fourth-order valence-electron chi connectivity index (χ4n) is 1.40. The lowest BCUT2D eigenvalue weighted by atomic mass is 10.3. The van der Waals surface area contributed by atoms with Crippen molar-refractivity contribution in [3.8, 4) is 0 Å². The molecule has 0 unspecified atom stereocenters. The Morgan fingerprint density at radius 1 is 1.39 bits per heavy atom. The number of hydrogen-bond acceptors (Lipinski definition) is 5. The molecule has 0 spiro atoms. The van der Waals surface area contributed by atoms with Crippen LogP contribution >= 0.6 is 11.3 Å². The monoisotopic (exact) mass is 293 g/mol. The number of aliphatic hydroxyl groups is 1. The fraction of sp³-hybridized carbons (Fsp3) is 0.636. The maximum Gasteiger partial charge on any atom is 0.250 e. The van der Waals surface area contributed by atoms with Crippen molar-refractivity contribution in [3.63, 3.8) is 0 Å². The van der Waals surface area contributed by atoms with E-state index in [4.69, 9.17) is 9.84 Å². The Labute approximate surface area is 112 Å². The smallest absolute Gasteiger partial charge is 0.250 e. The minimum absolute atomic E-state index is 0.0322. The Kier molecular flexibility index (Phi) is 6.80. The Morgan fingerprint density at radius 3 is 2.83 bits per heavy atom. The zero-order valence-electron chi connectivity index (χ0n) is 10.4. The largest absolute Gasteiger partial charge is 0.396 e. The second-order valence-electron chi connectivity index (χ2n) is 3.79. The molecule has 2 N–H and O–H groups in total. The van der Waals surface area contributed by atoms with Gasteiger partial charge < -0.3 is 9.84 Å². The van der Waals surface area contributed by atoms with Crippen LogP contribution in [0.4, 0.5) is 0 Å². The average molecular weight is 293 g/mol. The van der Waals surface area contributed by atoms with Crippen molar-refractivity contribution < 1.29 is 18.3 Å². The summed E-state index contributed by atoms with van der Waals surface area (Å²) in [5.74, 6) is 0. The second kappa shape index (κ2) is 7.85. The molecule has 0 radical (unpaired) electrons. The van der Waals surface area contributed by atoms with Gasteiger partial charge in [-0.1, -0.05) is 0 Å². The Morgan fingerprint density at radius 2 is 2.17 bits per heavy atom. The summed E-state index contributed by atoms with van der Waals surface area (Å²) in [4.78, 5) is 0.872. The van der Waals surface area contributed by atoms with Gasteiger partial charge in [-0.3, -0.25) is 0 Å². The predicted molar refractivity (Wildman–Crippen MR) is 71.4 cm³/mol. The lowest BCUT2D eigenvalue weighted by Gasteiger charge is -2.04. The molecule has 0 aliphatic carbocycles. The molecule has 0 amide bonds. The van der Waals surface area contributed by atoms with Gasteiger partial charge in [0, 0.05) is 38.2 Å². The van der Waals surface area contributed by atoms with E-state index in [-0.39, 0.29) is 6.61 Å². The van der Waals surface area contributed by atoms with Crippen LogP contribution in [0.3, 0.4) is 0 Å². The van der Waals surface area contributed by atoms with Crippen molar-refractivity contribution in [2.45, 2.75) is 23.5 Å². The van der Waals surface area contributed by atoms with Crippen LogP contribution in [0.25, 0.3) is 0 Å². The molecule has 1 aromatic rings. The van der Waals surface area contributed by atoms with E-state index in [9.17, 15) is 8.42 Å². The van der Waals surface area contributed by atoms with Crippen LogP contribution in [-0.2, 0) is 21.2 Å². The number of rotatable bonds is 9. The summed E-state index contributed by atoms with van der Waals surface area (Å²) in [6.45, 7) is 1.09. The number of unbranched alkanes of at least 4 members (excludes halogenated alkanes) is 1. The van der Waals surface area contributed by atoms with Gasteiger partial charge in [0.2, 0.25) is 10.0 Å². The molecular weight excluding hydrogens is 274 g/mol. The van der Waals surface area contributed by atoms with Crippen molar-refractivity contribution in [2.75, 3.05) is 26.9 Å². The maximum absolute atomic E-state index is 11.9. The van der Waals surface area contributed by atoms with E-state index in [1.54, 1.807) is 19.2 Å². The first kappa shape index (κ1) is 15.6. The van der Waals surface area contributed by atoms with E-state index in [1.165, 1.54) is 11.3 Å². The molecule has 1 heterocycles. The SMILES string of the molecule is COCCCCNS(=O)(=O)c1ccc(CCO)s1. The van der Waals surface area contributed by atoms with Gasteiger partial charge in [0.05, 0.1) is 0 Å². The van der Waals surface area contributed by atoms with Crippen LogP contribution in [0.5, 0.6) is 0 Å². The molecule has 0 bridgehead atoms. The molecule has 1 rings (SSSR count). The van der Waals surface area contributed by atoms with E-state index in [0.29, 0.717) is 23.8 Å². The molecule has 18 heavy (non-hydrogen) atoms. The third-order valence-electron chi connectivity index (χ3n) is 2.33. The summed E-state index contributed by atoms with van der Waals surface area (Å²) in [5.41, 5.74) is 0. The molecule has 5 nitrogen and oxygen atoms in total. The summed E-state index contributed by atoms with van der Waals surface area (Å²) < 4.78 is 31.5. The van der Waals surface area contributed by atoms with Crippen LogP contribution in [0.2, 0.25) is 0 Å². The highest BCUT2D eigenvalue weighted by Gasteiger charge is 2.15. The van der Waals surface area contributed by atoms with E-state index in [0.717, 1.165) is 17.7 Å². The van der Waals surface area contributed by atoms with Gasteiger partial charge in [0.25, 0.3) is 0 Å². The molecule has 104 valence electrons. The topological polar surface area (TPSA) is 75.6 Å². The van der Waals surface area contributed by atoms with Gasteiger partial charge in [0.15, 0.2) is 0 Å². The van der Waals surface area contributed by atoms with Crippen molar-refractivity contribution in [3.05, 3.63) is 17.0 Å². The molecular formula is C11H19NO4S2. The van der Waals surface area contributed by atoms with E-state index >= 15 is 0 Å². The summed E-state index contributed by atoms with van der Waals surface area (Å²) in [7, 11) is -1.78. The molecule has 0 aliphatic rings. The van der Waals surface area contributed by atoms with Gasteiger partial charge in [-0.15, -0.1) is 11.3 Å². The highest BCUT2D eigenvalue weighted by molar-refractivity contribution is 7.91. The molecule has 0 saturated carbocycles. The summed E-state index contributed by atoms with van der Waals surface area (Å²) >= 11 is 1.20. The van der Waals surface area contributed by atoms with E-state index in [1.807, 2.05) is 0 Å². The zero-order chi connectivity index (χ0) is 13.4. The number of nitrogens with one attached hydrogen (secondary N) is 1. The highest BCUT2D eigenvalue weighted by atomic mass is 32.2. The quantitative estimate of drug-likeness (QED) is 0.666. The summed E-state index contributed by atoms with van der Waals surface area (Å²) in [5, 5.41) is 8.79. The van der Waals surface area contributed by atoms with E-state index in [2.05, 4.69) is 4.72 Å². The van der Waals surface area contributed by atoms with Crippen molar-refractivity contribution in [1.82, 2.24) is 4.72 Å². The van der Waals surface area contributed by atoms with Crippen LogP contribution < -0.4 is 4.72 Å². The number of aliphatic hydroxyl groups excluding tert-OH is 1. The molecule has 0 aromatic carbocycles. The van der Waals surface area contributed by atoms with Crippen LogP contribution in [-0.4, -0.2) is 40.4 Å². The second-order valence-corrected chi connectivity index (χ2v) is 6.95. The third kappa shape index (κ3) is 5.03. The standard InChI is InChI=1S/C11H19NO4S2/c1-16-9-3-2-7-12-18(14,15)11-5-4-10(17-11)6-8-13/h4-5,12-13H,2-3,6-9H2,1H3. The first-order chi connectivity index (χ1) is 8.60. The summed E-state index contributed by atoms with van der Waals surface area (Å²) in [6, 6.07) is 3.31. The van der Waals surface area contributed by atoms with Crippen LogP contribution in [0.1, 0.15) is 17.7 Å². The Hall–Kier alpha value is -0.470. The first-order valence-corrected chi connectivity index (χ1v) is 8.08. The predicted octanol–water partition coefficient (Wildman–Crippen LogP) is 0.988. The van der Waals surface area contributed by atoms with Crippen molar-refractivity contribution in [1.29, 1.82) is 0 Å². The molecule has 0 aliphatic heterocycles. The average Bonchev–Trinajstić information content (AvgIpc) is 2.79. The minimum atomic E-state index is -3.40. The van der Waals surface area contributed by atoms with Crippen molar-refractivity contribution >= 4 is 21.4 Å². The van der Waals surface area contributed by atoms with Gasteiger partial charge in [0.1, 0.15) is 4.21 Å². The Balaban J connectivity index is 2.46. The first-order valence-electron chi connectivity index (χ1n) is 5.78. The van der Waals surface area contributed by atoms with Gasteiger partial charge in [-0.2, -0.15) is 0 Å². The molecule has 7 heteroatoms. The van der Waals surface area contributed by atoms with Crippen LogP contribution in [0, 0.1) is 0 Å². The molecule has 0 fully saturated rings. The number of ether oxygens (including phenoxy) is 1. The maximum atomic E-state index is 11.9. The zero-order valence-corrected chi connectivity index (χ0v) is 12.0. The number of hydrogen-bond donors (Lipinski definition) is 2. The lowest BCUT2D eigenvalue weighted by Crippen LogP contribution is -2.24. The lowest BCUT2D eigenvalue weighted by molar-refractivity contribution is 0.193. The number of methoxy groups -OCH3 is 1. The Bertz CT molecular complexity index is 442. The van der Waals surface area contributed by atoms with Gasteiger partial charge >= 0.3 is 0 Å². The highest BCUT2D eigenvalue weighted by Crippen LogP contribution is 2.21. The van der Waals surface area contributed by atoms with Crippen LogP contribution in [0.15, 0.2) is 16.3 Å². The van der Waals surface area contributed by atoms with Gasteiger partial charge in [-0.25, -0.2) is 13.1 Å². The molecule has 0 atom stereocenters. The summed E-state index contributed by atoms with van der Waals surface area (Å²) in [6.07, 6.45) is 2.08. The normalized spacial score (nSPS) is 11.9. The number of thiophene rings is 1. The fourth-order valence-corrected chi connectivity index (χ4v) is 3.86. The third-order valence-corrected chi connectivity index (χ3v) is 5.43. The molecule has 0 saturated heterocycles. The van der Waals surface area contributed by atoms with E-state index < -0.39 is 10.0 Å². The van der Waals surface area contributed by atoms with Crippen molar-refractivity contribution in [2.24, 2.45) is 0 Å². The van der Waals surface area contributed by atoms with Gasteiger partial charge in [-0.05, 0) is 25.0 Å². The minimum Gasteiger partial charge on any atom is -0.396 e. The molecule has 1 aromatic heterocycles. The number of sulfonamides is 1.